The zero-order valence-corrected chi connectivity index (χ0v) is 10.4. The zero-order chi connectivity index (χ0) is 12.1. The Labute approximate surface area is 92.0 Å². The van der Waals surface area contributed by atoms with Crippen LogP contribution in [-0.2, 0) is 9.53 Å². The Hall–Kier alpha value is -0.610. The number of carbonyl (C=O) groups is 1. The summed E-state index contributed by atoms with van der Waals surface area (Å²) in [5.74, 6) is -0.606. The highest BCUT2D eigenvalue weighted by atomic mass is 16.5. The standard InChI is InChI=1S/C11H23NO3/c1-10(2,3)6-7-12-8-11(4,14)9(13)15-5/h12,14H,6-8H2,1-5H3. The van der Waals surface area contributed by atoms with Crippen LogP contribution in [0.3, 0.4) is 0 Å². The van der Waals surface area contributed by atoms with E-state index in [0.717, 1.165) is 13.0 Å². The van der Waals surface area contributed by atoms with Gasteiger partial charge in [0.05, 0.1) is 7.11 Å². The molecule has 0 aromatic rings. The van der Waals surface area contributed by atoms with Gasteiger partial charge in [0.1, 0.15) is 0 Å². The van der Waals surface area contributed by atoms with E-state index in [9.17, 15) is 9.90 Å². The maximum atomic E-state index is 11.1. The molecule has 0 aromatic heterocycles. The average Bonchev–Trinajstić information content (AvgIpc) is 2.09. The van der Waals surface area contributed by atoms with E-state index in [1.165, 1.54) is 14.0 Å². The van der Waals surface area contributed by atoms with Crippen molar-refractivity contribution in [2.24, 2.45) is 5.41 Å². The number of ether oxygens (including phenoxy) is 1. The second-order valence-electron chi connectivity index (χ2n) is 5.25. The molecule has 0 heterocycles. The monoisotopic (exact) mass is 217 g/mol. The lowest BCUT2D eigenvalue weighted by Crippen LogP contribution is -2.46. The van der Waals surface area contributed by atoms with Crippen molar-refractivity contribution in [3.05, 3.63) is 0 Å². The molecule has 0 rings (SSSR count). The van der Waals surface area contributed by atoms with Crippen molar-refractivity contribution >= 4 is 5.97 Å². The SMILES string of the molecule is COC(=O)C(C)(O)CNCCC(C)(C)C. The quantitative estimate of drug-likeness (QED) is 0.531. The Morgan fingerprint density at radius 3 is 2.27 bits per heavy atom. The van der Waals surface area contributed by atoms with E-state index in [1.54, 1.807) is 0 Å². The van der Waals surface area contributed by atoms with E-state index < -0.39 is 11.6 Å². The molecule has 0 bridgehead atoms. The van der Waals surface area contributed by atoms with Crippen LogP contribution in [-0.4, -0.2) is 36.9 Å². The van der Waals surface area contributed by atoms with Crippen LogP contribution in [0.5, 0.6) is 0 Å². The maximum absolute atomic E-state index is 11.1. The van der Waals surface area contributed by atoms with Gasteiger partial charge in [-0.1, -0.05) is 20.8 Å². The molecule has 4 nitrogen and oxygen atoms in total. The molecule has 0 aromatic carbocycles. The summed E-state index contributed by atoms with van der Waals surface area (Å²) < 4.78 is 4.48. The summed E-state index contributed by atoms with van der Waals surface area (Å²) in [6.45, 7) is 8.88. The van der Waals surface area contributed by atoms with E-state index in [-0.39, 0.29) is 12.0 Å². The van der Waals surface area contributed by atoms with Crippen LogP contribution < -0.4 is 5.32 Å². The number of nitrogens with one attached hydrogen (secondary N) is 1. The Kier molecular flexibility index (Phi) is 5.24. The first-order valence-corrected chi connectivity index (χ1v) is 5.20. The number of carbonyl (C=O) groups excluding carboxylic acids is 1. The van der Waals surface area contributed by atoms with Gasteiger partial charge in [-0.15, -0.1) is 0 Å². The molecule has 1 unspecified atom stereocenters. The molecule has 0 saturated carbocycles. The normalized spacial score (nSPS) is 15.9. The number of aliphatic hydroxyl groups is 1. The number of hydrogen-bond donors (Lipinski definition) is 2. The minimum Gasteiger partial charge on any atom is -0.467 e. The van der Waals surface area contributed by atoms with Gasteiger partial charge < -0.3 is 15.2 Å². The number of esters is 1. The minimum absolute atomic E-state index is 0.218. The molecule has 0 amide bonds. The summed E-state index contributed by atoms with van der Waals surface area (Å²) in [7, 11) is 1.27. The molecule has 2 N–H and O–H groups in total. The van der Waals surface area contributed by atoms with Crippen molar-refractivity contribution in [1.82, 2.24) is 5.32 Å². The van der Waals surface area contributed by atoms with Crippen LogP contribution in [0.25, 0.3) is 0 Å². The highest BCUT2D eigenvalue weighted by Gasteiger charge is 2.30. The van der Waals surface area contributed by atoms with Crippen LogP contribution >= 0.6 is 0 Å². The molecule has 0 aliphatic carbocycles. The molecular weight excluding hydrogens is 194 g/mol. The van der Waals surface area contributed by atoms with Gasteiger partial charge >= 0.3 is 5.97 Å². The van der Waals surface area contributed by atoms with Crippen molar-refractivity contribution in [3.8, 4) is 0 Å². The molecular formula is C11H23NO3. The van der Waals surface area contributed by atoms with Gasteiger partial charge in [-0.2, -0.15) is 0 Å². The predicted octanol–water partition coefficient (Wildman–Crippen LogP) is 0.936. The van der Waals surface area contributed by atoms with Gasteiger partial charge in [0.15, 0.2) is 5.60 Å². The summed E-state index contributed by atoms with van der Waals surface area (Å²) in [6, 6.07) is 0. The van der Waals surface area contributed by atoms with E-state index in [2.05, 4.69) is 30.8 Å². The van der Waals surface area contributed by atoms with Crippen molar-refractivity contribution in [3.63, 3.8) is 0 Å². The first-order valence-electron chi connectivity index (χ1n) is 5.20. The molecule has 0 saturated heterocycles. The van der Waals surface area contributed by atoms with Crippen LogP contribution in [0.1, 0.15) is 34.1 Å². The van der Waals surface area contributed by atoms with Crippen molar-refractivity contribution in [2.45, 2.75) is 39.7 Å². The van der Waals surface area contributed by atoms with E-state index in [4.69, 9.17) is 0 Å². The summed E-state index contributed by atoms with van der Waals surface area (Å²) in [6.07, 6.45) is 0.990. The molecule has 15 heavy (non-hydrogen) atoms. The lowest BCUT2D eigenvalue weighted by atomic mass is 9.92. The zero-order valence-electron chi connectivity index (χ0n) is 10.4. The second-order valence-corrected chi connectivity index (χ2v) is 5.25. The van der Waals surface area contributed by atoms with Gasteiger partial charge in [-0.25, -0.2) is 4.79 Å². The highest BCUT2D eigenvalue weighted by molar-refractivity contribution is 5.78. The molecule has 0 aliphatic heterocycles. The molecule has 0 fully saturated rings. The molecule has 0 spiro atoms. The third kappa shape index (κ3) is 6.47. The van der Waals surface area contributed by atoms with Crippen molar-refractivity contribution in [2.75, 3.05) is 20.2 Å². The fourth-order valence-electron chi connectivity index (χ4n) is 1.09. The van der Waals surface area contributed by atoms with Gasteiger partial charge in [-0.05, 0) is 25.3 Å². The summed E-state index contributed by atoms with van der Waals surface area (Å²) in [5.41, 5.74) is -1.18. The Morgan fingerprint density at radius 1 is 1.33 bits per heavy atom. The Bertz CT molecular complexity index is 206. The fraction of sp³-hybridized carbons (Fsp3) is 0.909. The Morgan fingerprint density at radius 2 is 1.87 bits per heavy atom. The third-order valence-corrected chi connectivity index (χ3v) is 2.15. The summed E-state index contributed by atoms with van der Waals surface area (Å²) >= 11 is 0. The maximum Gasteiger partial charge on any atom is 0.338 e. The first-order chi connectivity index (χ1) is 6.69. The fourth-order valence-corrected chi connectivity index (χ4v) is 1.09. The van der Waals surface area contributed by atoms with Crippen LogP contribution in [0.4, 0.5) is 0 Å². The Balaban J connectivity index is 3.81. The first kappa shape index (κ1) is 14.4. The molecule has 90 valence electrons. The topological polar surface area (TPSA) is 58.6 Å². The number of methoxy groups -OCH3 is 1. The smallest absolute Gasteiger partial charge is 0.338 e. The van der Waals surface area contributed by atoms with Crippen LogP contribution in [0, 0.1) is 5.41 Å². The van der Waals surface area contributed by atoms with Crippen molar-refractivity contribution < 1.29 is 14.6 Å². The lowest BCUT2D eigenvalue weighted by molar-refractivity contribution is -0.159. The molecule has 4 heteroatoms. The van der Waals surface area contributed by atoms with Crippen LogP contribution in [0.15, 0.2) is 0 Å². The number of rotatable bonds is 5. The molecule has 0 aliphatic rings. The lowest BCUT2D eigenvalue weighted by Gasteiger charge is -2.23. The van der Waals surface area contributed by atoms with E-state index >= 15 is 0 Å². The summed E-state index contributed by atoms with van der Waals surface area (Å²) in [5, 5.41) is 12.7. The van der Waals surface area contributed by atoms with Gasteiger partial charge in [-0.3, -0.25) is 0 Å². The highest BCUT2D eigenvalue weighted by Crippen LogP contribution is 2.17. The molecule has 1 atom stereocenters. The average molecular weight is 217 g/mol. The molecule has 0 radical (unpaired) electrons. The van der Waals surface area contributed by atoms with E-state index in [0.29, 0.717) is 0 Å². The minimum atomic E-state index is -1.44. The van der Waals surface area contributed by atoms with E-state index in [1.807, 2.05) is 0 Å². The van der Waals surface area contributed by atoms with Gasteiger partial charge in [0.2, 0.25) is 0 Å². The summed E-state index contributed by atoms with van der Waals surface area (Å²) in [4.78, 5) is 11.1. The third-order valence-electron chi connectivity index (χ3n) is 2.15. The van der Waals surface area contributed by atoms with Crippen LogP contribution in [0.2, 0.25) is 0 Å². The van der Waals surface area contributed by atoms with Gasteiger partial charge in [0.25, 0.3) is 0 Å². The second kappa shape index (κ2) is 5.47. The number of hydrogen-bond acceptors (Lipinski definition) is 4. The predicted molar refractivity (Wildman–Crippen MR) is 59.6 cm³/mol. The largest absolute Gasteiger partial charge is 0.467 e. The van der Waals surface area contributed by atoms with Gasteiger partial charge in [0, 0.05) is 6.54 Å². The van der Waals surface area contributed by atoms with Crippen molar-refractivity contribution in [1.29, 1.82) is 0 Å².